The van der Waals surface area contributed by atoms with E-state index in [2.05, 4.69) is 34.9 Å². The molecule has 0 bridgehead atoms. The van der Waals surface area contributed by atoms with Gasteiger partial charge in [-0.2, -0.15) is 0 Å². The first-order chi connectivity index (χ1) is 7.63. The number of imidazole rings is 1. The first kappa shape index (κ1) is 13.0. The second-order valence-corrected chi connectivity index (χ2v) is 4.25. The van der Waals surface area contributed by atoms with Crippen molar-refractivity contribution in [3.8, 4) is 0 Å². The Labute approximate surface area is 98.0 Å². The smallest absolute Gasteiger partial charge is 0.203 e. The maximum absolute atomic E-state index is 5.33. The third-order valence-corrected chi connectivity index (χ3v) is 2.21. The molecule has 0 saturated carbocycles. The summed E-state index contributed by atoms with van der Waals surface area (Å²) in [4.78, 5) is 4.46. The van der Waals surface area contributed by atoms with Gasteiger partial charge in [-0.05, 0) is 34.1 Å². The van der Waals surface area contributed by atoms with Gasteiger partial charge in [0.1, 0.15) is 0 Å². The minimum absolute atomic E-state index is 0.410. The highest BCUT2D eigenvalue weighted by atomic mass is 16.5. The molecule has 0 aliphatic rings. The van der Waals surface area contributed by atoms with Crippen molar-refractivity contribution in [3.63, 3.8) is 0 Å². The lowest BCUT2D eigenvalue weighted by atomic mass is 10.4. The van der Waals surface area contributed by atoms with Gasteiger partial charge in [0.15, 0.2) is 0 Å². The van der Waals surface area contributed by atoms with Gasteiger partial charge in [0.2, 0.25) is 5.95 Å². The van der Waals surface area contributed by atoms with Crippen LogP contribution in [0.2, 0.25) is 0 Å². The normalized spacial score (nSPS) is 11.1. The van der Waals surface area contributed by atoms with E-state index in [9.17, 15) is 0 Å². The van der Waals surface area contributed by atoms with Crippen LogP contribution in [0.15, 0.2) is 6.20 Å². The molecule has 4 heteroatoms. The molecule has 0 spiro atoms. The molecule has 0 atom stereocenters. The average molecular weight is 225 g/mol. The van der Waals surface area contributed by atoms with Crippen LogP contribution in [0.3, 0.4) is 0 Å². The van der Waals surface area contributed by atoms with Gasteiger partial charge < -0.3 is 14.6 Å². The standard InChI is InChI=1S/C12H23N3O/c1-5-16-8-6-7-15-9-11(4)14-12(15)13-10(2)3/h9-10H,5-8H2,1-4H3,(H,13,14). The molecule has 1 heterocycles. The number of rotatable bonds is 7. The van der Waals surface area contributed by atoms with Gasteiger partial charge in [0.05, 0.1) is 5.69 Å². The van der Waals surface area contributed by atoms with E-state index in [-0.39, 0.29) is 0 Å². The van der Waals surface area contributed by atoms with Crippen molar-refractivity contribution >= 4 is 5.95 Å². The van der Waals surface area contributed by atoms with Gasteiger partial charge in [-0.15, -0.1) is 0 Å². The molecular formula is C12H23N3O. The van der Waals surface area contributed by atoms with E-state index in [0.717, 1.165) is 37.8 Å². The predicted octanol–water partition coefficient (Wildman–Crippen LogP) is 2.44. The highest BCUT2D eigenvalue weighted by molar-refractivity contribution is 5.29. The molecular weight excluding hydrogens is 202 g/mol. The Hall–Kier alpha value is -1.03. The maximum Gasteiger partial charge on any atom is 0.203 e. The average Bonchev–Trinajstić information content (AvgIpc) is 2.53. The fraction of sp³-hybridized carbons (Fsp3) is 0.750. The van der Waals surface area contributed by atoms with Crippen LogP contribution in [-0.2, 0) is 11.3 Å². The van der Waals surface area contributed by atoms with Crippen molar-refractivity contribution in [1.82, 2.24) is 9.55 Å². The van der Waals surface area contributed by atoms with E-state index < -0.39 is 0 Å². The summed E-state index contributed by atoms with van der Waals surface area (Å²) in [6.45, 7) is 10.8. The molecule has 1 N–H and O–H groups in total. The molecule has 0 aliphatic carbocycles. The third-order valence-electron chi connectivity index (χ3n) is 2.21. The Bertz CT molecular complexity index is 307. The minimum Gasteiger partial charge on any atom is -0.382 e. The maximum atomic E-state index is 5.33. The number of nitrogens with one attached hydrogen (secondary N) is 1. The molecule has 0 fully saturated rings. The van der Waals surface area contributed by atoms with Gasteiger partial charge >= 0.3 is 0 Å². The largest absolute Gasteiger partial charge is 0.382 e. The summed E-state index contributed by atoms with van der Waals surface area (Å²) in [5.74, 6) is 0.962. The number of ether oxygens (including phenoxy) is 1. The van der Waals surface area contributed by atoms with E-state index in [0.29, 0.717) is 6.04 Å². The molecule has 0 aliphatic heterocycles. The second kappa shape index (κ2) is 6.53. The number of hydrogen-bond donors (Lipinski definition) is 1. The van der Waals surface area contributed by atoms with Gasteiger partial charge in [0.25, 0.3) is 0 Å². The van der Waals surface area contributed by atoms with Crippen molar-refractivity contribution in [1.29, 1.82) is 0 Å². The summed E-state index contributed by atoms with van der Waals surface area (Å²) in [5, 5.41) is 3.35. The van der Waals surface area contributed by atoms with E-state index in [4.69, 9.17) is 4.74 Å². The first-order valence-corrected chi connectivity index (χ1v) is 6.01. The van der Waals surface area contributed by atoms with Crippen LogP contribution in [-0.4, -0.2) is 28.8 Å². The van der Waals surface area contributed by atoms with E-state index >= 15 is 0 Å². The van der Waals surface area contributed by atoms with Crippen LogP contribution in [0.4, 0.5) is 5.95 Å². The number of hydrogen-bond acceptors (Lipinski definition) is 3. The van der Waals surface area contributed by atoms with E-state index in [1.807, 2.05) is 13.8 Å². The molecule has 1 aromatic rings. The van der Waals surface area contributed by atoms with Gasteiger partial charge in [-0.25, -0.2) is 4.98 Å². The second-order valence-electron chi connectivity index (χ2n) is 4.25. The van der Waals surface area contributed by atoms with Crippen LogP contribution >= 0.6 is 0 Å². The van der Waals surface area contributed by atoms with Crippen molar-refractivity contribution < 1.29 is 4.74 Å². The Kier molecular flexibility index (Phi) is 5.32. The first-order valence-electron chi connectivity index (χ1n) is 6.01. The summed E-state index contributed by atoms with van der Waals surface area (Å²) in [6, 6.07) is 0.410. The van der Waals surface area contributed by atoms with Crippen LogP contribution in [0, 0.1) is 6.92 Å². The molecule has 0 radical (unpaired) electrons. The Morgan fingerprint density at radius 2 is 2.25 bits per heavy atom. The Balaban J connectivity index is 2.50. The zero-order chi connectivity index (χ0) is 12.0. The zero-order valence-corrected chi connectivity index (χ0v) is 10.8. The topological polar surface area (TPSA) is 39.1 Å². The lowest BCUT2D eigenvalue weighted by Crippen LogP contribution is -2.15. The predicted molar refractivity (Wildman–Crippen MR) is 66.8 cm³/mol. The molecule has 0 aromatic carbocycles. The van der Waals surface area contributed by atoms with Gasteiger partial charge in [-0.1, -0.05) is 0 Å². The van der Waals surface area contributed by atoms with Gasteiger partial charge in [-0.3, -0.25) is 0 Å². The van der Waals surface area contributed by atoms with Crippen molar-refractivity contribution in [2.24, 2.45) is 0 Å². The van der Waals surface area contributed by atoms with Crippen molar-refractivity contribution in [3.05, 3.63) is 11.9 Å². The van der Waals surface area contributed by atoms with Crippen LogP contribution < -0.4 is 5.32 Å². The number of aryl methyl sites for hydroxylation is 2. The molecule has 16 heavy (non-hydrogen) atoms. The summed E-state index contributed by atoms with van der Waals surface area (Å²) < 4.78 is 7.49. The number of anilines is 1. The summed E-state index contributed by atoms with van der Waals surface area (Å²) in [7, 11) is 0. The molecule has 1 rings (SSSR count). The molecule has 1 aromatic heterocycles. The van der Waals surface area contributed by atoms with Crippen LogP contribution in [0.5, 0.6) is 0 Å². The highest BCUT2D eigenvalue weighted by Gasteiger charge is 2.05. The summed E-state index contributed by atoms with van der Waals surface area (Å²) in [5.41, 5.74) is 1.06. The number of nitrogens with zero attached hydrogens (tertiary/aromatic N) is 2. The highest BCUT2D eigenvalue weighted by Crippen LogP contribution is 2.10. The quantitative estimate of drug-likeness (QED) is 0.724. The summed E-state index contributed by atoms with van der Waals surface area (Å²) in [6.07, 6.45) is 3.10. The van der Waals surface area contributed by atoms with Crippen LogP contribution in [0.25, 0.3) is 0 Å². The van der Waals surface area contributed by atoms with Crippen LogP contribution in [0.1, 0.15) is 32.9 Å². The fourth-order valence-corrected chi connectivity index (χ4v) is 1.57. The molecule has 0 unspecified atom stereocenters. The SMILES string of the molecule is CCOCCCn1cc(C)nc1NC(C)C. The lowest BCUT2D eigenvalue weighted by Gasteiger charge is -2.11. The van der Waals surface area contributed by atoms with Crippen molar-refractivity contribution in [2.45, 2.75) is 46.7 Å². The molecule has 4 nitrogen and oxygen atoms in total. The lowest BCUT2D eigenvalue weighted by molar-refractivity contribution is 0.142. The molecule has 0 amide bonds. The fourth-order valence-electron chi connectivity index (χ4n) is 1.57. The third kappa shape index (κ3) is 4.23. The van der Waals surface area contributed by atoms with Gasteiger partial charge in [0, 0.05) is 32.0 Å². The molecule has 92 valence electrons. The van der Waals surface area contributed by atoms with E-state index in [1.54, 1.807) is 0 Å². The minimum atomic E-state index is 0.410. The van der Waals surface area contributed by atoms with Crippen molar-refractivity contribution in [2.75, 3.05) is 18.5 Å². The Morgan fingerprint density at radius 3 is 2.88 bits per heavy atom. The Morgan fingerprint density at radius 1 is 1.50 bits per heavy atom. The number of aromatic nitrogens is 2. The zero-order valence-electron chi connectivity index (χ0n) is 10.8. The van der Waals surface area contributed by atoms with E-state index in [1.165, 1.54) is 0 Å². The monoisotopic (exact) mass is 225 g/mol. The molecule has 0 saturated heterocycles. The summed E-state index contributed by atoms with van der Waals surface area (Å²) >= 11 is 0.